The van der Waals surface area contributed by atoms with Gasteiger partial charge >= 0.3 is 0 Å². The number of carbonyl (C=O) groups excluding carboxylic acids is 1. The molecule has 0 atom stereocenters. The van der Waals surface area contributed by atoms with Gasteiger partial charge in [-0.2, -0.15) is 0 Å². The first-order valence-electron chi connectivity index (χ1n) is 5.82. The third-order valence-electron chi connectivity index (χ3n) is 3.12. The van der Waals surface area contributed by atoms with E-state index in [-0.39, 0.29) is 5.91 Å². The number of aromatic nitrogens is 1. The third-order valence-corrected chi connectivity index (χ3v) is 3.12. The summed E-state index contributed by atoms with van der Waals surface area (Å²) in [5.41, 5.74) is 8.94. The van der Waals surface area contributed by atoms with Gasteiger partial charge < -0.3 is 10.6 Å². The van der Waals surface area contributed by atoms with Crippen molar-refractivity contribution < 1.29 is 4.79 Å². The van der Waals surface area contributed by atoms with Crippen molar-refractivity contribution in [2.75, 3.05) is 5.73 Å². The maximum absolute atomic E-state index is 12.2. The summed E-state index contributed by atoms with van der Waals surface area (Å²) in [5.74, 6) is -0.00578. The Morgan fingerprint density at radius 3 is 2.83 bits per heavy atom. The van der Waals surface area contributed by atoms with Crippen molar-refractivity contribution in [1.82, 2.24) is 9.88 Å². The Kier molecular flexibility index (Phi) is 2.48. The van der Waals surface area contributed by atoms with Crippen LogP contribution < -0.4 is 5.73 Å². The van der Waals surface area contributed by atoms with Gasteiger partial charge in [-0.3, -0.25) is 9.78 Å². The number of pyridine rings is 1. The molecule has 0 spiro atoms. The molecule has 0 fully saturated rings. The van der Waals surface area contributed by atoms with Crippen LogP contribution >= 0.6 is 0 Å². The monoisotopic (exact) mass is 239 g/mol. The van der Waals surface area contributed by atoms with Crippen molar-refractivity contribution in [3.8, 4) is 0 Å². The van der Waals surface area contributed by atoms with Gasteiger partial charge in [-0.1, -0.05) is 18.2 Å². The molecule has 90 valence electrons. The van der Waals surface area contributed by atoms with Gasteiger partial charge in [0.05, 0.1) is 17.8 Å². The highest BCUT2D eigenvalue weighted by molar-refractivity contribution is 6.02. The molecule has 0 unspecified atom stereocenters. The van der Waals surface area contributed by atoms with E-state index in [0.29, 0.717) is 24.3 Å². The topological polar surface area (TPSA) is 59.2 Å². The Morgan fingerprint density at radius 2 is 2.11 bits per heavy atom. The van der Waals surface area contributed by atoms with Crippen LogP contribution in [0.4, 0.5) is 5.69 Å². The normalized spacial score (nSPS) is 13.8. The van der Waals surface area contributed by atoms with Crippen molar-refractivity contribution in [2.45, 2.75) is 13.1 Å². The molecule has 3 rings (SSSR count). The lowest BCUT2D eigenvalue weighted by Gasteiger charge is -2.14. The van der Waals surface area contributed by atoms with E-state index in [1.807, 2.05) is 30.3 Å². The van der Waals surface area contributed by atoms with Gasteiger partial charge in [0.25, 0.3) is 5.91 Å². The van der Waals surface area contributed by atoms with E-state index in [9.17, 15) is 4.79 Å². The molecule has 0 saturated heterocycles. The Hall–Kier alpha value is -2.36. The summed E-state index contributed by atoms with van der Waals surface area (Å²) in [5, 5.41) is 0. The molecule has 0 radical (unpaired) electrons. The highest BCUT2D eigenvalue weighted by Gasteiger charge is 2.29. The maximum atomic E-state index is 12.2. The number of nitrogens with zero attached hydrogens (tertiary/aromatic N) is 2. The van der Waals surface area contributed by atoms with E-state index >= 15 is 0 Å². The summed E-state index contributed by atoms with van der Waals surface area (Å²) in [4.78, 5) is 18.2. The summed E-state index contributed by atoms with van der Waals surface area (Å²) >= 11 is 0. The second-order valence-corrected chi connectivity index (χ2v) is 4.36. The predicted molar refractivity (Wildman–Crippen MR) is 68.7 cm³/mol. The maximum Gasteiger partial charge on any atom is 0.256 e. The van der Waals surface area contributed by atoms with Crippen LogP contribution in [0.15, 0.2) is 42.6 Å². The van der Waals surface area contributed by atoms with Gasteiger partial charge in [0.2, 0.25) is 0 Å². The van der Waals surface area contributed by atoms with Crippen LogP contribution in [0.5, 0.6) is 0 Å². The lowest BCUT2D eigenvalue weighted by Crippen LogP contribution is -2.24. The number of amides is 1. The summed E-state index contributed by atoms with van der Waals surface area (Å²) < 4.78 is 0. The molecule has 2 heterocycles. The summed E-state index contributed by atoms with van der Waals surface area (Å²) in [6.07, 6.45) is 1.73. The third kappa shape index (κ3) is 1.72. The lowest BCUT2D eigenvalue weighted by atomic mass is 10.1. The summed E-state index contributed by atoms with van der Waals surface area (Å²) in [7, 11) is 0. The Labute approximate surface area is 105 Å². The minimum atomic E-state index is -0.00578. The van der Waals surface area contributed by atoms with Crippen LogP contribution in [-0.4, -0.2) is 15.8 Å². The largest absolute Gasteiger partial charge is 0.398 e. The van der Waals surface area contributed by atoms with Crippen molar-refractivity contribution >= 4 is 11.6 Å². The summed E-state index contributed by atoms with van der Waals surface area (Å²) in [6.45, 7) is 1.13. The Morgan fingerprint density at radius 1 is 1.22 bits per heavy atom. The van der Waals surface area contributed by atoms with E-state index in [4.69, 9.17) is 5.73 Å². The van der Waals surface area contributed by atoms with Gasteiger partial charge in [-0.25, -0.2) is 0 Å². The minimum absolute atomic E-state index is 0.00578. The van der Waals surface area contributed by atoms with Crippen LogP contribution in [0.25, 0.3) is 0 Å². The summed E-state index contributed by atoms with van der Waals surface area (Å²) in [6, 6.07) is 11.3. The van der Waals surface area contributed by atoms with Gasteiger partial charge in [0.1, 0.15) is 0 Å². The molecule has 1 aromatic carbocycles. The Bertz CT molecular complexity index is 595. The van der Waals surface area contributed by atoms with Gasteiger partial charge in [0.15, 0.2) is 0 Å². The molecule has 2 aromatic rings. The number of fused-ring (bicyclic) bond motifs is 1. The van der Waals surface area contributed by atoms with Crippen LogP contribution in [0.2, 0.25) is 0 Å². The highest BCUT2D eigenvalue weighted by atomic mass is 16.2. The number of rotatable bonds is 2. The second kappa shape index (κ2) is 4.14. The van der Waals surface area contributed by atoms with Crippen molar-refractivity contribution in [1.29, 1.82) is 0 Å². The first-order chi connectivity index (χ1) is 8.75. The van der Waals surface area contributed by atoms with Crippen LogP contribution in [0, 0.1) is 0 Å². The highest BCUT2D eigenvalue weighted by Crippen LogP contribution is 2.28. The predicted octanol–water partition coefficient (Wildman–Crippen LogP) is 1.82. The van der Waals surface area contributed by atoms with E-state index < -0.39 is 0 Å². The molecule has 4 nitrogen and oxygen atoms in total. The number of carbonyl (C=O) groups is 1. The number of benzene rings is 1. The molecular weight excluding hydrogens is 226 g/mol. The van der Waals surface area contributed by atoms with Crippen molar-refractivity contribution in [3.63, 3.8) is 0 Å². The first-order valence-corrected chi connectivity index (χ1v) is 5.82. The minimum Gasteiger partial charge on any atom is -0.398 e. The molecular formula is C14H13N3O. The smallest absolute Gasteiger partial charge is 0.256 e. The van der Waals surface area contributed by atoms with Crippen molar-refractivity contribution in [3.05, 3.63) is 59.4 Å². The quantitative estimate of drug-likeness (QED) is 0.813. The van der Waals surface area contributed by atoms with Gasteiger partial charge in [0, 0.05) is 18.4 Å². The molecule has 18 heavy (non-hydrogen) atoms. The lowest BCUT2D eigenvalue weighted by molar-refractivity contribution is 0.0765. The molecule has 0 aliphatic carbocycles. The van der Waals surface area contributed by atoms with E-state index in [1.165, 1.54) is 0 Å². The fraction of sp³-hybridized carbons (Fsp3) is 0.143. The molecule has 1 amide bonds. The zero-order valence-corrected chi connectivity index (χ0v) is 9.84. The molecule has 1 aliphatic heterocycles. The molecule has 1 aromatic heterocycles. The van der Waals surface area contributed by atoms with Gasteiger partial charge in [-0.05, 0) is 23.8 Å². The number of nitrogen functional groups attached to an aromatic ring is 1. The fourth-order valence-electron chi connectivity index (χ4n) is 2.26. The number of nitrogens with two attached hydrogens (primary N) is 1. The molecule has 0 bridgehead atoms. The standard InChI is InChI=1S/C14H13N3O/c15-12-6-3-4-10-8-17(14(18)13(10)12)9-11-5-1-2-7-16-11/h1-7H,8-9,15H2. The second-order valence-electron chi connectivity index (χ2n) is 4.36. The SMILES string of the molecule is Nc1cccc2c1C(=O)N(Cc1ccccn1)C2. The van der Waals surface area contributed by atoms with Gasteiger partial charge in [-0.15, -0.1) is 0 Å². The zero-order chi connectivity index (χ0) is 12.5. The van der Waals surface area contributed by atoms with Crippen molar-refractivity contribution in [2.24, 2.45) is 0 Å². The number of hydrogen-bond acceptors (Lipinski definition) is 3. The number of anilines is 1. The van der Waals surface area contributed by atoms with E-state index in [1.54, 1.807) is 17.2 Å². The molecule has 4 heteroatoms. The van der Waals surface area contributed by atoms with E-state index in [0.717, 1.165) is 11.3 Å². The Balaban J connectivity index is 1.87. The molecule has 2 N–H and O–H groups in total. The average Bonchev–Trinajstić information content (AvgIpc) is 2.69. The fourth-order valence-corrected chi connectivity index (χ4v) is 2.26. The van der Waals surface area contributed by atoms with Crippen LogP contribution in [0.3, 0.4) is 0 Å². The van der Waals surface area contributed by atoms with E-state index in [2.05, 4.69) is 4.98 Å². The number of hydrogen-bond donors (Lipinski definition) is 1. The van der Waals surface area contributed by atoms with Crippen LogP contribution in [-0.2, 0) is 13.1 Å². The zero-order valence-electron chi connectivity index (χ0n) is 9.84. The molecule has 0 saturated carbocycles. The average molecular weight is 239 g/mol. The van der Waals surface area contributed by atoms with Crippen LogP contribution in [0.1, 0.15) is 21.6 Å². The first kappa shape index (κ1) is 10.8. The molecule has 1 aliphatic rings.